The number of rotatable bonds is 4. The van der Waals surface area contributed by atoms with E-state index in [0.717, 1.165) is 41.9 Å². The normalized spacial score (nSPS) is 23.9. The van der Waals surface area contributed by atoms with Gasteiger partial charge in [0.2, 0.25) is 0 Å². The quantitative estimate of drug-likeness (QED) is 0.866. The molecule has 28 heavy (non-hydrogen) atoms. The van der Waals surface area contributed by atoms with E-state index in [1.54, 1.807) is 7.11 Å². The number of benzene rings is 1. The van der Waals surface area contributed by atoms with Gasteiger partial charge in [0.05, 0.1) is 18.2 Å². The average Bonchev–Trinajstić information content (AvgIpc) is 3.08. The number of aromatic nitrogens is 1. The molecule has 0 bridgehead atoms. The summed E-state index contributed by atoms with van der Waals surface area (Å²) in [7, 11) is 1.72. The highest BCUT2D eigenvalue weighted by Gasteiger charge is 2.30. The van der Waals surface area contributed by atoms with E-state index in [0.29, 0.717) is 12.0 Å². The summed E-state index contributed by atoms with van der Waals surface area (Å²) in [5, 5.41) is 4.48. The lowest BCUT2D eigenvalue weighted by atomic mass is 9.89. The van der Waals surface area contributed by atoms with Crippen LogP contribution >= 0.6 is 0 Å². The van der Waals surface area contributed by atoms with Gasteiger partial charge in [-0.3, -0.25) is 4.79 Å². The fourth-order valence-electron chi connectivity index (χ4n) is 4.91. The number of hydrogen-bond donors (Lipinski definition) is 1. The Bertz CT molecular complexity index is 838. The molecule has 5 nitrogen and oxygen atoms in total. The Morgan fingerprint density at radius 2 is 2.00 bits per heavy atom. The van der Waals surface area contributed by atoms with Crippen LogP contribution in [0.2, 0.25) is 0 Å². The maximum Gasteiger partial charge on any atom is 0.256 e. The average molecular weight is 384 g/mol. The number of para-hydroxylation sites is 1. The number of amides is 1. The molecule has 1 aromatic carbocycles. The number of methoxy groups -OCH3 is 1. The van der Waals surface area contributed by atoms with Crippen LogP contribution in [0.3, 0.4) is 0 Å². The van der Waals surface area contributed by atoms with E-state index in [1.807, 2.05) is 17.0 Å². The number of hydrogen-bond acceptors (Lipinski definition) is 3. The second-order valence-corrected chi connectivity index (χ2v) is 8.67. The van der Waals surface area contributed by atoms with Crippen LogP contribution < -0.4 is 10.1 Å². The largest absolute Gasteiger partial charge is 0.495 e. The molecule has 4 rings (SSSR count). The summed E-state index contributed by atoms with van der Waals surface area (Å²) >= 11 is 0. The predicted octanol–water partition coefficient (Wildman–Crippen LogP) is 4.05. The molecule has 5 heteroatoms. The van der Waals surface area contributed by atoms with Gasteiger partial charge in [-0.1, -0.05) is 31.4 Å². The zero-order valence-corrected chi connectivity index (χ0v) is 17.4. The Balaban J connectivity index is 1.72. The SMILES string of the molecule is COc1cccc2c(C(=O)N3C[C@@H](C)NC[C@@H]3C)cn(CC3CCCCC3)c12. The number of fused-ring (bicyclic) bond motifs is 1. The van der Waals surface area contributed by atoms with Crippen LogP contribution in [0, 0.1) is 5.92 Å². The highest BCUT2D eigenvalue weighted by molar-refractivity contribution is 6.08. The molecule has 2 atom stereocenters. The molecule has 2 aliphatic rings. The van der Waals surface area contributed by atoms with Gasteiger partial charge in [-0.25, -0.2) is 0 Å². The molecule has 1 saturated heterocycles. The van der Waals surface area contributed by atoms with E-state index in [-0.39, 0.29) is 11.9 Å². The smallest absolute Gasteiger partial charge is 0.256 e. The zero-order chi connectivity index (χ0) is 19.7. The van der Waals surface area contributed by atoms with Crippen molar-refractivity contribution in [3.63, 3.8) is 0 Å². The van der Waals surface area contributed by atoms with Gasteiger partial charge >= 0.3 is 0 Å². The van der Waals surface area contributed by atoms with Crippen molar-refractivity contribution in [2.75, 3.05) is 20.2 Å². The molecule has 1 aromatic heterocycles. The third-order valence-electron chi connectivity index (χ3n) is 6.52. The van der Waals surface area contributed by atoms with Crippen molar-refractivity contribution in [1.82, 2.24) is 14.8 Å². The third kappa shape index (κ3) is 3.64. The molecule has 1 aliphatic carbocycles. The Morgan fingerprint density at radius 1 is 1.21 bits per heavy atom. The highest BCUT2D eigenvalue weighted by Crippen LogP contribution is 2.34. The minimum Gasteiger partial charge on any atom is -0.495 e. The molecular weight excluding hydrogens is 350 g/mol. The van der Waals surface area contributed by atoms with Gasteiger partial charge in [0.15, 0.2) is 0 Å². The first-order valence-corrected chi connectivity index (χ1v) is 10.8. The van der Waals surface area contributed by atoms with Crippen LogP contribution in [0.4, 0.5) is 0 Å². The first-order valence-electron chi connectivity index (χ1n) is 10.8. The number of ether oxygens (including phenoxy) is 1. The van der Waals surface area contributed by atoms with Gasteiger partial charge < -0.3 is 19.5 Å². The molecule has 1 saturated carbocycles. The summed E-state index contributed by atoms with van der Waals surface area (Å²) in [6, 6.07) is 6.59. The second-order valence-electron chi connectivity index (χ2n) is 8.67. The van der Waals surface area contributed by atoms with Crippen molar-refractivity contribution in [1.29, 1.82) is 0 Å². The minimum absolute atomic E-state index is 0.140. The number of carbonyl (C=O) groups excluding carboxylic acids is 1. The molecule has 0 spiro atoms. The fourth-order valence-corrected chi connectivity index (χ4v) is 4.91. The van der Waals surface area contributed by atoms with Gasteiger partial charge in [0.1, 0.15) is 5.75 Å². The maximum atomic E-state index is 13.5. The van der Waals surface area contributed by atoms with Gasteiger partial charge in [0.25, 0.3) is 5.91 Å². The van der Waals surface area contributed by atoms with E-state index < -0.39 is 0 Å². The molecular formula is C23H33N3O2. The van der Waals surface area contributed by atoms with Gasteiger partial charge in [-0.2, -0.15) is 0 Å². The molecule has 0 radical (unpaired) electrons. The van der Waals surface area contributed by atoms with Gasteiger partial charge in [-0.05, 0) is 38.7 Å². The zero-order valence-electron chi connectivity index (χ0n) is 17.4. The summed E-state index contributed by atoms with van der Waals surface area (Å²) in [6.07, 6.45) is 8.65. The van der Waals surface area contributed by atoms with Crippen LogP contribution in [0.25, 0.3) is 10.9 Å². The minimum atomic E-state index is 0.140. The van der Waals surface area contributed by atoms with Crippen LogP contribution in [0.1, 0.15) is 56.3 Å². The monoisotopic (exact) mass is 383 g/mol. The fraction of sp³-hybridized carbons (Fsp3) is 0.609. The number of nitrogens with zero attached hydrogens (tertiary/aromatic N) is 2. The molecule has 2 aromatic rings. The van der Waals surface area contributed by atoms with Crippen molar-refractivity contribution < 1.29 is 9.53 Å². The van der Waals surface area contributed by atoms with Crippen molar-refractivity contribution in [2.24, 2.45) is 5.92 Å². The summed E-state index contributed by atoms with van der Waals surface area (Å²) in [5.74, 6) is 1.69. The van der Waals surface area contributed by atoms with Crippen molar-refractivity contribution in [3.05, 3.63) is 30.0 Å². The predicted molar refractivity (Wildman–Crippen MR) is 113 cm³/mol. The molecule has 1 amide bonds. The highest BCUT2D eigenvalue weighted by atomic mass is 16.5. The van der Waals surface area contributed by atoms with E-state index in [2.05, 4.69) is 36.0 Å². The Morgan fingerprint density at radius 3 is 2.75 bits per heavy atom. The molecule has 1 aliphatic heterocycles. The standard InChI is InChI=1S/C23H33N3O2/c1-16-13-26(17(2)12-24-16)23(27)20-15-25(14-18-8-5-4-6-9-18)22-19(20)10-7-11-21(22)28-3/h7,10-11,15-18,24H,4-6,8-9,12-14H2,1-3H3/t16-,17+/m1/s1. The molecule has 2 heterocycles. The summed E-state index contributed by atoms with van der Waals surface area (Å²) < 4.78 is 7.96. The number of carbonyl (C=O) groups is 1. The van der Waals surface area contributed by atoms with Crippen molar-refractivity contribution >= 4 is 16.8 Å². The Kier molecular flexibility index (Phi) is 5.63. The van der Waals surface area contributed by atoms with E-state index in [1.165, 1.54) is 32.1 Å². The van der Waals surface area contributed by atoms with E-state index in [9.17, 15) is 4.79 Å². The second kappa shape index (κ2) is 8.16. The topological polar surface area (TPSA) is 46.5 Å². The number of piperazine rings is 1. The first-order chi connectivity index (χ1) is 13.6. The van der Waals surface area contributed by atoms with Crippen molar-refractivity contribution in [3.8, 4) is 5.75 Å². The maximum absolute atomic E-state index is 13.5. The van der Waals surface area contributed by atoms with Gasteiger partial charge in [0, 0.05) is 43.3 Å². The Hall–Kier alpha value is -2.01. The van der Waals surface area contributed by atoms with Crippen LogP contribution in [-0.4, -0.2) is 47.7 Å². The lowest BCUT2D eigenvalue weighted by Crippen LogP contribution is -2.56. The molecule has 1 N–H and O–H groups in total. The molecule has 152 valence electrons. The van der Waals surface area contributed by atoms with E-state index >= 15 is 0 Å². The molecule has 0 unspecified atom stereocenters. The van der Waals surface area contributed by atoms with Crippen LogP contribution in [-0.2, 0) is 6.54 Å². The Labute approximate surface area is 168 Å². The van der Waals surface area contributed by atoms with Crippen LogP contribution in [0.5, 0.6) is 5.75 Å². The first kappa shape index (κ1) is 19.3. The van der Waals surface area contributed by atoms with E-state index in [4.69, 9.17) is 4.74 Å². The summed E-state index contributed by atoms with van der Waals surface area (Å²) in [4.78, 5) is 15.5. The summed E-state index contributed by atoms with van der Waals surface area (Å²) in [6.45, 7) is 6.83. The lowest BCUT2D eigenvalue weighted by molar-refractivity contribution is 0.0618. The number of nitrogens with one attached hydrogen (secondary N) is 1. The molecule has 2 fully saturated rings. The third-order valence-corrected chi connectivity index (χ3v) is 6.52. The van der Waals surface area contributed by atoms with Gasteiger partial charge in [-0.15, -0.1) is 0 Å². The lowest BCUT2D eigenvalue weighted by Gasteiger charge is -2.37. The van der Waals surface area contributed by atoms with Crippen molar-refractivity contribution in [2.45, 2.75) is 64.6 Å². The van der Waals surface area contributed by atoms with Crippen LogP contribution in [0.15, 0.2) is 24.4 Å². The summed E-state index contributed by atoms with van der Waals surface area (Å²) in [5.41, 5.74) is 1.88.